The molecule has 0 bridgehead atoms. The van der Waals surface area contributed by atoms with Gasteiger partial charge >= 0.3 is 0 Å². The topological polar surface area (TPSA) is 126 Å². The number of nitrogens with two attached hydrogens (primary N) is 3. The maximum Gasteiger partial charge on any atom is 0.0822 e. The van der Waals surface area contributed by atoms with Crippen molar-refractivity contribution in [2.75, 3.05) is 0 Å². The molecule has 1 aromatic carbocycles. The number of hydrogen-bond donors (Lipinski definition) is 4. The molecule has 132 valence electrons. The minimum atomic E-state index is -0.728. The number of rotatable bonds is 5. The van der Waals surface area contributed by atoms with Crippen LogP contribution in [0.15, 0.2) is 65.4 Å². The van der Waals surface area contributed by atoms with Crippen molar-refractivity contribution in [1.82, 2.24) is 0 Å². The summed E-state index contributed by atoms with van der Waals surface area (Å²) in [5.41, 5.74) is 20.7. The Hall–Kier alpha value is -2.68. The van der Waals surface area contributed by atoms with Crippen molar-refractivity contribution in [3.05, 3.63) is 71.0 Å². The van der Waals surface area contributed by atoms with Crippen molar-refractivity contribution >= 4 is 5.71 Å². The van der Waals surface area contributed by atoms with E-state index in [4.69, 9.17) is 27.9 Å². The molecule has 0 saturated carbocycles. The number of benzene rings is 1. The summed E-state index contributed by atoms with van der Waals surface area (Å²) in [6.45, 7) is 3.15. The average Bonchev–Trinajstić information content (AvgIpc) is 2.56. The van der Waals surface area contributed by atoms with Gasteiger partial charge in [0, 0.05) is 18.2 Å². The van der Waals surface area contributed by atoms with E-state index in [1.54, 1.807) is 13.0 Å². The van der Waals surface area contributed by atoms with Crippen molar-refractivity contribution in [3.63, 3.8) is 0 Å². The lowest BCUT2D eigenvalue weighted by atomic mass is 9.87. The lowest BCUT2D eigenvalue weighted by Crippen LogP contribution is -2.38. The second-order valence-corrected chi connectivity index (χ2v) is 5.93. The molecule has 1 aliphatic rings. The van der Waals surface area contributed by atoms with E-state index >= 15 is 0 Å². The molecule has 0 radical (unpaired) electrons. The molecule has 1 aromatic rings. The van der Waals surface area contributed by atoms with E-state index in [0.29, 0.717) is 22.9 Å². The maximum absolute atomic E-state index is 8.27. The molecule has 1 unspecified atom stereocenters. The largest absolute Gasteiger partial charge is 0.402 e. The van der Waals surface area contributed by atoms with Gasteiger partial charge in [0.25, 0.3) is 0 Å². The predicted octanol–water partition coefficient (Wildman–Crippen LogP) is 2.76. The number of allylic oxidation sites excluding steroid dienone is 5. The predicted molar refractivity (Wildman–Crippen MR) is 104 cm³/mol. The molecule has 7 N–H and O–H groups in total. The van der Waals surface area contributed by atoms with Crippen LogP contribution in [0.5, 0.6) is 0 Å². The van der Waals surface area contributed by atoms with Crippen molar-refractivity contribution in [1.29, 1.82) is 10.7 Å². The number of nitriles is 1. The lowest BCUT2D eigenvalue weighted by Gasteiger charge is -2.20. The van der Waals surface area contributed by atoms with Crippen LogP contribution in [0.4, 0.5) is 0 Å². The Labute approximate surface area is 150 Å². The third-order valence-electron chi connectivity index (χ3n) is 3.85. The van der Waals surface area contributed by atoms with Crippen molar-refractivity contribution < 1.29 is 0 Å². The molecule has 0 saturated heterocycles. The number of nitrogens with zero attached hydrogens (tertiary/aromatic N) is 1. The summed E-state index contributed by atoms with van der Waals surface area (Å²) in [7, 11) is 0. The van der Waals surface area contributed by atoms with Crippen molar-refractivity contribution in [3.8, 4) is 6.07 Å². The summed E-state index contributed by atoms with van der Waals surface area (Å²) >= 11 is 0. The van der Waals surface area contributed by atoms with Gasteiger partial charge in [0.2, 0.25) is 0 Å². The Morgan fingerprint density at radius 2 is 1.92 bits per heavy atom. The summed E-state index contributed by atoms with van der Waals surface area (Å²) in [6, 6.07) is 12.2. The van der Waals surface area contributed by atoms with Gasteiger partial charge in [0.15, 0.2) is 0 Å². The number of nitrogens with one attached hydrogen (secondary N) is 1. The molecule has 5 nitrogen and oxygen atoms in total. The average molecular weight is 337 g/mol. The van der Waals surface area contributed by atoms with Gasteiger partial charge in [-0.1, -0.05) is 48.6 Å². The van der Waals surface area contributed by atoms with Crippen LogP contribution >= 0.6 is 0 Å². The van der Waals surface area contributed by atoms with Crippen LogP contribution in [-0.4, -0.2) is 11.9 Å². The molecule has 5 heteroatoms. The Kier molecular flexibility index (Phi) is 8.34. The monoisotopic (exact) mass is 337 g/mol. The highest BCUT2D eigenvalue weighted by molar-refractivity contribution is 6.13. The highest BCUT2D eigenvalue weighted by atomic mass is 14.9. The molecule has 2 rings (SSSR count). The summed E-state index contributed by atoms with van der Waals surface area (Å²) in [4.78, 5) is 0. The standard InChI is InChI=1S/C18H24N4.C2H3N/c1-12(19)16(18(21)22)17(20)15-9-7-14(8-10-15)11-13-5-3-2-4-6-13;1-2-3/h2-7,9-10,14,18,20H,8,11,19,21-22H2,1H3;1H3/b16-12+,20-17?;. The molecule has 0 fully saturated rings. The fourth-order valence-corrected chi connectivity index (χ4v) is 2.70. The quantitative estimate of drug-likeness (QED) is 0.487. The molecular formula is C20H27N5. The smallest absolute Gasteiger partial charge is 0.0822 e. The van der Waals surface area contributed by atoms with Crippen LogP contribution in [0.1, 0.15) is 25.8 Å². The normalized spacial score (nSPS) is 17.0. The molecule has 25 heavy (non-hydrogen) atoms. The Bertz CT molecular complexity index is 701. The van der Waals surface area contributed by atoms with E-state index in [0.717, 1.165) is 18.4 Å². The SMILES string of the molecule is C/C(N)=C(/C(=N)C1=CCC(Cc2ccccc2)C=C1)C(N)N.CC#N. The van der Waals surface area contributed by atoms with Crippen LogP contribution in [0.3, 0.4) is 0 Å². The fraction of sp³-hybridized carbons (Fsp3) is 0.300. The van der Waals surface area contributed by atoms with Gasteiger partial charge in [-0.15, -0.1) is 0 Å². The molecule has 0 heterocycles. The summed E-state index contributed by atoms with van der Waals surface area (Å²) in [5, 5.41) is 15.6. The third-order valence-corrected chi connectivity index (χ3v) is 3.85. The Morgan fingerprint density at radius 1 is 1.32 bits per heavy atom. The maximum atomic E-state index is 8.27. The first-order chi connectivity index (χ1) is 11.9. The summed E-state index contributed by atoms with van der Waals surface area (Å²) < 4.78 is 0. The van der Waals surface area contributed by atoms with Crippen LogP contribution in [0, 0.1) is 22.7 Å². The van der Waals surface area contributed by atoms with E-state index < -0.39 is 6.17 Å². The van der Waals surface area contributed by atoms with Gasteiger partial charge in [0.05, 0.1) is 17.9 Å². The molecule has 0 aliphatic heterocycles. The van der Waals surface area contributed by atoms with Crippen LogP contribution < -0.4 is 17.2 Å². The molecule has 1 atom stereocenters. The summed E-state index contributed by atoms with van der Waals surface area (Å²) in [6.07, 6.45) is 7.38. The number of hydrogen-bond acceptors (Lipinski definition) is 5. The molecule has 0 aromatic heterocycles. The van der Waals surface area contributed by atoms with Gasteiger partial charge in [0.1, 0.15) is 0 Å². The molecule has 0 spiro atoms. The third kappa shape index (κ3) is 6.38. The van der Waals surface area contributed by atoms with Crippen LogP contribution in [0.2, 0.25) is 0 Å². The van der Waals surface area contributed by atoms with Crippen LogP contribution in [-0.2, 0) is 6.42 Å². The zero-order valence-corrected chi connectivity index (χ0v) is 14.9. The molecule has 1 aliphatic carbocycles. The van der Waals surface area contributed by atoms with E-state index in [2.05, 4.69) is 36.4 Å². The molecule has 0 amide bonds. The van der Waals surface area contributed by atoms with Gasteiger partial charge in [-0.25, -0.2) is 0 Å². The van der Waals surface area contributed by atoms with Gasteiger partial charge < -0.3 is 17.2 Å². The highest BCUT2D eigenvalue weighted by Crippen LogP contribution is 2.23. The first kappa shape index (κ1) is 20.4. The fourth-order valence-electron chi connectivity index (χ4n) is 2.70. The lowest BCUT2D eigenvalue weighted by molar-refractivity contribution is 0.651. The first-order valence-corrected chi connectivity index (χ1v) is 8.20. The van der Waals surface area contributed by atoms with Gasteiger partial charge in [-0.2, -0.15) is 5.26 Å². The van der Waals surface area contributed by atoms with Gasteiger partial charge in [-0.3, -0.25) is 5.41 Å². The summed E-state index contributed by atoms with van der Waals surface area (Å²) in [5.74, 6) is 0.455. The van der Waals surface area contributed by atoms with E-state index in [1.165, 1.54) is 12.5 Å². The van der Waals surface area contributed by atoms with Crippen molar-refractivity contribution in [2.45, 2.75) is 32.9 Å². The Balaban J connectivity index is 0.000000970. The highest BCUT2D eigenvalue weighted by Gasteiger charge is 2.18. The second kappa shape index (κ2) is 10.2. The molecular weight excluding hydrogens is 310 g/mol. The van der Waals surface area contributed by atoms with E-state index in [-0.39, 0.29) is 0 Å². The van der Waals surface area contributed by atoms with Gasteiger partial charge in [-0.05, 0) is 36.8 Å². The van der Waals surface area contributed by atoms with E-state index in [9.17, 15) is 0 Å². The minimum absolute atomic E-state index is 0.324. The Morgan fingerprint density at radius 3 is 2.36 bits per heavy atom. The first-order valence-electron chi connectivity index (χ1n) is 8.20. The minimum Gasteiger partial charge on any atom is -0.402 e. The van der Waals surface area contributed by atoms with E-state index in [1.807, 2.05) is 12.1 Å². The van der Waals surface area contributed by atoms with Crippen molar-refractivity contribution in [2.24, 2.45) is 23.1 Å². The second-order valence-electron chi connectivity index (χ2n) is 5.93. The van der Waals surface area contributed by atoms with Crippen LogP contribution in [0.25, 0.3) is 0 Å². The zero-order valence-electron chi connectivity index (χ0n) is 14.9. The zero-order chi connectivity index (χ0) is 18.8.